The second-order valence-corrected chi connectivity index (χ2v) is 7.62. The van der Waals surface area contributed by atoms with Crippen LogP contribution in [0.5, 0.6) is 0 Å². The Hall–Kier alpha value is -0.0500. The second kappa shape index (κ2) is 6.60. The highest BCUT2D eigenvalue weighted by molar-refractivity contribution is 14.1. The summed E-state index contributed by atoms with van der Waals surface area (Å²) in [6, 6.07) is 4.08. The van der Waals surface area contributed by atoms with Gasteiger partial charge in [0.15, 0.2) is 0 Å². The molecular weight excluding hydrogens is 447 g/mol. The number of nitrogens with one attached hydrogen (secondary N) is 1. The lowest BCUT2D eigenvalue weighted by molar-refractivity contribution is 0.542. The van der Waals surface area contributed by atoms with Crippen LogP contribution >= 0.6 is 49.9 Å². The molecule has 2 rings (SSSR count). The summed E-state index contributed by atoms with van der Waals surface area (Å²) in [5, 5.41) is 5.16. The van der Waals surface area contributed by atoms with Gasteiger partial charge in [-0.05, 0) is 74.2 Å². The molecule has 0 fully saturated rings. The van der Waals surface area contributed by atoms with Crippen LogP contribution in [0.25, 0.3) is 0 Å². The Kier molecular flexibility index (Phi) is 5.33. The number of benzene rings is 1. The van der Waals surface area contributed by atoms with Gasteiger partial charge in [0.2, 0.25) is 0 Å². The van der Waals surface area contributed by atoms with E-state index in [9.17, 15) is 8.78 Å². The topological polar surface area (TPSA) is 12.0 Å². The molecule has 102 valence electrons. The van der Waals surface area contributed by atoms with E-state index in [2.05, 4.69) is 43.8 Å². The lowest BCUT2D eigenvalue weighted by Gasteiger charge is -2.18. The van der Waals surface area contributed by atoms with E-state index in [4.69, 9.17) is 0 Å². The third-order valence-electron chi connectivity index (χ3n) is 2.68. The highest BCUT2D eigenvalue weighted by Gasteiger charge is 2.20. The molecule has 1 N–H and O–H groups in total. The van der Waals surface area contributed by atoms with E-state index < -0.39 is 11.6 Å². The van der Waals surface area contributed by atoms with Crippen LogP contribution in [0.1, 0.15) is 24.1 Å². The third-order valence-corrected chi connectivity index (χ3v) is 5.09. The van der Waals surface area contributed by atoms with E-state index in [-0.39, 0.29) is 10.5 Å². The van der Waals surface area contributed by atoms with Crippen molar-refractivity contribution in [3.63, 3.8) is 0 Å². The maximum atomic E-state index is 14.1. The molecule has 1 aromatic carbocycles. The minimum Gasteiger partial charge on any atom is -0.306 e. The maximum absolute atomic E-state index is 14.1. The van der Waals surface area contributed by atoms with Crippen molar-refractivity contribution in [1.29, 1.82) is 0 Å². The molecule has 0 amide bonds. The Morgan fingerprint density at radius 3 is 2.63 bits per heavy atom. The molecule has 1 heterocycles. The van der Waals surface area contributed by atoms with Gasteiger partial charge in [0.05, 0.1) is 13.4 Å². The lowest BCUT2D eigenvalue weighted by Crippen LogP contribution is -2.22. The third kappa shape index (κ3) is 3.53. The van der Waals surface area contributed by atoms with Gasteiger partial charge in [-0.2, -0.15) is 0 Å². The number of thiophene rings is 1. The van der Waals surface area contributed by atoms with Gasteiger partial charge in [0.1, 0.15) is 11.6 Å². The van der Waals surface area contributed by atoms with E-state index in [1.54, 1.807) is 11.3 Å². The molecule has 0 aliphatic carbocycles. The van der Waals surface area contributed by atoms with E-state index in [1.807, 2.05) is 18.4 Å². The highest BCUT2D eigenvalue weighted by Crippen LogP contribution is 2.31. The smallest absolute Gasteiger partial charge is 0.137 e. The van der Waals surface area contributed by atoms with E-state index >= 15 is 0 Å². The molecule has 0 aliphatic rings. The minimum atomic E-state index is -0.454. The zero-order valence-corrected chi connectivity index (χ0v) is 14.6. The first-order valence-corrected chi connectivity index (χ1v) is 8.39. The first-order valence-electron chi connectivity index (χ1n) is 5.64. The minimum absolute atomic E-state index is 0.142. The quantitative estimate of drug-likeness (QED) is 0.498. The van der Waals surface area contributed by atoms with Gasteiger partial charge in [0, 0.05) is 5.56 Å². The van der Waals surface area contributed by atoms with Crippen molar-refractivity contribution in [2.45, 2.75) is 13.0 Å². The zero-order chi connectivity index (χ0) is 14.0. The Balaban J connectivity index is 2.47. The van der Waals surface area contributed by atoms with Crippen molar-refractivity contribution in [2.24, 2.45) is 0 Å². The van der Waals surface area contributed by atoms with Crippen LogP contribution in [0.3, 0.4) is 0 Å². The van der Waals surface area contributed by atoms with Crippen molar-refractivity contribution in [3.8, 4) is 0 Å². The molecule has 0 aliphatic heterocycles. The first-order chi connectivity index (χ1) is 9.02. The van der Waals surface area contributed by atoms with Crippen LogP contribution in [0, 0.1) is 14.5 Å². The average Bonchev–Trinajstić information content (AvgIpc) is 2.78. The fraction of sp³-hybridized carbons (Fsp3) is 0.231. The Morgan fingerprint density at radius 1 is 1.32 bits per heavy atom. The molecule has 0 radical (unpaired) electrons. The predicted molar refractivity (Wildman–Crippen MR) is 86.6 cm³/mol. The van der Waals surface area contributed by atoms with Gasteiger partial charge in [0.25, 0.3) is 0 Å². The first kappa shape index (κ1) is 15.3. The monoisotopic (exact) mass is 457 g/mol. The molecule has 1 unspecified atom stereocenters. The summed E-state index contributed by atoms with van der Waals surface area (Å²) in [6.45, 7) is 2.62. The van der Waals surface area contributed by atoms with Crippen LogP contribution in [-0.4, -0.2) is 6.54 Å². The van der Waals surface area contributed by atoms with Gasteiger partial charge in [-0.3, -0.25) is 0 Å². The molecule has 1 nitrogen and oxygen atoms in total. The number of hydrogen-bond donors (Lipinski definition) is 1. The molecular formula is C13H11BrF2INS. The fourth-order valence-corrected chi connectivity index (χ4v) is 3.56. The molecule has 0 spiro atoms. The van der Waals surface area contributed by atoms with Crippen LogP contribution in [-0.2, 0) is 0 Å². The summed E-state index contributed by atoms with van der Waals surface area (Å²) in [5.74, 6) is -0.871. The molecule has 2 aromatic rings. The van der Waals surface area contributed by atoms with Gasteiger partial charge >= 0.3 is 0 Å². The van der Waals surface area contributed by atoms with E-state index in [1.165, 1.54) is 12.1 Å². The second-order valence-electron chi connectivity index (χ2n) is 3.96. The highest BCUT2D eigenvalue weighted by atomic mass is 127. The van der Waals surface area contributed by atoms with Gasteiger partial charge in [-0.25, -0.2) is 8.78 Å². The molecule has 6 heteroatoms. The largest absolute Gasteiger partial charge is 0.306 e. The van der Waals surface area contributed by atoms with Crippen molar-refractivity contribution in [2.75, 3.05) is 6.54 Å². The Labute approximate surface area is 136 Å². The van der Waals surface area contributed by atoms with Crippen LogP contribution in [0.4, 0.5) is 8.78 Å². The van der Waals surface area contributed by atoms with Crippen molar-refractivity contribution >= 4 is 49.9 Å². The average molecular weight is 458 g/mol. The van der Waals surface area contributed by atoms with E-state index in [0.29, 0.717) is 12.1 Å². The standard InChI is InChI=1S/C13H11BrF2INS/c1-2-18-13(7-3-12(17)19-6-7)8-4-11(16)9(14)5-10(8)15/h3-6,13,18H,2H2,1H3. The normalized spacial score (nSPS) is 12.7. The van der Waals surface area contributed by atoms with Crippen molar-refractivity contribution in [3.05, 3.63) is 53.7 Å². The summed E-state index contributed by atoms with van der Waals surface area (Å²) in [4.78, 5) is 0. The van der Waals surface area contributed by atoms with Crippen LogP contribution in [0.2, 0.25) is 0 Å². The van der Waals surface area contributed by atoms with Gasteiger partial charge < -0.3 is 5.32 Å². The van der Waals surface area contributed by atoms with Crippen molar-refractivity contribution < 1.29 is 8.78 Å². The van der Waals surface area contributed by atoms with E-state index in [0.717, 1.165) is 8.45 Å². The molecule has 0 saturated carbocycles. The summed E-state index contributed by atoms with van der Waals surface area (Å²) in [7, 11) is 0. The predicted octanol–water partition coefficient (Wildman–Crippen LogP) is 5.09. The zero-order valence-electron chi connectivity index (χ0n) is 10.0. The summed E-state index contributed by atoms with van der Waals surface area (Å²) < 4.78 is 29.0. The summed E-state index contributed by atoms with van der Waals surface area (Å²) >= 11 is 6.80. The molecule has 0 saturated heterocycles. The molecule has 19 heavy (non-hydrogen) atoms. The van der Waals surface area contributed by atoms with Crippen molar-refractivity contribution in [1.82, 2.24) is 5.32 Å². The summed E-state index contributed by atoms with van der Waals surface area (Å²) in [6.07, 6.45) is 0. The number of halogens is 4. The summed E-state index contributed by atoms with van der Waals surface area (Å²) in [5.41, 5.74) is 1.29. The maximum Gasteiger partial charge on any atom is 0.137 e. The number of hydrogen-bond acceptors (Lipinski definition) is 2. The Bertz CT molecular complexity index is 588. The van der Waals surface area contributed by atoms with Crippen LogP contribution < -0.4 is 5.32 Å². The van der Waals surface area contributed by atoms with Crippen LogP contribution in [0.15, 0.2) is 28.1 Å². The van der Waals surface area contributed by atoms with Gasteiger partial charge in [-0.15, -0.1) is 11.3 Å². The Morgan fingerprint density at radius 2 is 2.05 bits per heavy atom. The molecule has 1 atom stereocenters. The molecule has 1 aromatic heterocycles. The number of rotatable bonds is 4. The fourth-order valence-electron chi connectivity index (χ4n) is 1.85. The SMILES string of the molecule is CCNC(c1csc(I)c1)c1cc(F)c(Br)cc1F. The van der Waals surface area contributed by atoms with Gasteiger partial charge in [-0.1, -0.05) is 6.92 Å². The molecule has 0 bridgehead atoms. The lowest BCUT2D eigenvalue weighted by atomic mass is 10.0.